The Hall–Kier alpha value is -3.98. The van der Waals surface area contributed by atoms with E-state index in [0.29, 0.717) is 5.69 Å². The van der Waals surface area contributed by atoms with Gasteiger partial charge in [0.25, 0.3) is 5.91 Å². The van der Waals surface area contributed by atoms with Crippen LogP contribution in [-0.2, 0) is 25.5 Å². The van der Waals surface area contributed by atoms with Gasteiger partial charge in [-0.2, -0.15) is 0 Å². The molecule has 1 fully saturated rings. The molecule has 9 nitrogen and oxygen atoms in total. The second kappa shape index (κ2) is 8.87. The van der Waals surface area contributed by atoms with Gasteiger partial charge >= 0.3 is 5.97 Å². The van der Waals surface area contributed by atoms with E-state index in [9.17, 15) is 24.3 Å². The molecule has 0 aliphatic carbocycles. The number of rotatable bonds is 6. The molecule has 2 aromatic rings. The number of hydrogen-bond donors (Lipinski definition) is 4. The molecule has 4 N–H and O–H groups in total. The van der Waals surface area contributed by atoms with E-state index < -0.39 is 41.3 Å². The van der Waals surface area contributed by atoms with Crippen LogP contribution in [-0.4, -0.2) is 40.5 Å². The summed E-state index contributed by atoms with van der Waals surface area (Å²) in [6.07, 6.45) is 2.87. The number of ether oxygens (including phenoxy) is 1. The predicted octanol–water partition coefficient (Wildman–Crippen LogP) is 1.67. The summed E-state index contributed by atoms with van der Waals surface area (Å²) in [5.41, 5.74) is 5.24. The van der Waals surface area contributed by atoms with Crippen LogP contribution in [0.25, 0.3) is 0 Å². The molecule has 0 aromatic heterocycles. The molecule has 1 saturated heterocycles. The van der Waals surface area contributed by atoms with Crippen LogP contribution in [0.3, 0.4) is 0 Å². The summed E-state index contributed by atoms with van der Waals surface area (Å²) in [5.74, 6) is -4.56. The molecule has 3 amide bonds. The highest BCUT2D eigenvalue weighted by molar-refractivity contribution is 5.97. The zero-order chi connectivity index (χ0) is 23.6. The Balaban J connectivity index is 1.32. The molecule has 2 bridgehead atoms. The first kappa shape index (κ1) is 22.2. The zero-order valence-electron chi connectivity index (χ0n) is 17.8. The average Bonchev–Trinajstić information content (AvgIpc) is 3.32. The third-order valence-corrected chi connectivity index (χ3v) is 5.84. The first-order valence-electron chi connectivity index (χ1n) is 10.4. The summed E-state index contributed by atoms with van der Waals surface area (Å²) in [7, 11) is 0. The molecule has 0 radical (unpaired) electrons. The van der Waals surface area contributed by atoms with E-state index in [2.05, 4.69) is 16.2 Å². The number of carbonyl (C=O) groups excluding carboxylic acids is 3. The fourth-order valence-corrected chi connectivity index (χ4v) is 4.24. The lowest BCUT2D eigenvalue weighted by molar-refractivity contribution is -0.147. The van der Waals surface area contributed by atoms with Crippen LogP contribution in [0, 0.1) is 11.8 Å². The minimum absolute atomic E-state index is 0.186. The van der Waals surface area contributed by atoms with E-state index in [1.165, 1.54) is 12.1 Å². The lowest BCUT2D eigenvalue weighted by Gasteiger charge is -2.27. The lowest BCUT2D eigenvalue weighted by Crippen LogP contribution is -2.52. The summed E-state index contributed by atoms with van der Waals surface area (Å²) in [5, 5.41) is 12.2. The van der Waals surface area contributed by atoms with Crippen LogP contribution in [0.5, 0.6) is 0 Å². The quantitative estimate of drug-likeness (QED) is 0.392. The van der Waals surface area contributed by atoms with E-state index in [0.717, 1.165) is 5.56 Å². The molecule has 0 saturated carbocycles. The number of aliphatic carboxylic acids is 1. The van der Waals surface area contributed by atoms with Gasteiger partial charge in [-0.05, 0) is 36.8 Å². The number of hydrazine groups is 1. The minimum atomic E-state index is -1.13. The first-order valence-corrected chi connectivity index (χ1v) is 10.4. The summed E-state index contributed by atoms with van der Waals surface area (Å²) in [6.45, 7) is 1.64. The van der Waals surface area contributed by atoms with Gasteiger partial charge in [0, 0.05) is 11.3 Å². The third-order valence-electron chi connectivity index (χ3n) is 5.84. The topological polar surface area (TPSA) is 134 Å². The van der Waals surface area contributed by atoms with Crippen molar-refractivity contribution < 1.29 is 29.0 Å². The fraction of sp³-hybridized carbons (Fsp3) is 0.250. The number of amides is 3. The molecule has 4 rings (SSSR count). The first-order chi connectivity index (χ1) is 15.8. The van der Waals surface area contributed by atoms with Crippen molar-refractivity contribution in [3.63, 3.8) is 0 Å². The second-order valence-corrected chi connectivity index (χ2v) is 8.20. The maximum absolute atomic E-state index is 12.7. The number of carboxylic acids is 1. The Morgan fingerprint density at radius 3 is 2.36 bits per heavy atom. The average molecular weight is 449 g/mol. The minimum Gasteiger partial charge on any atom is -0.481 e. The zero-order valence-corrected chi connectivity index (χ0v) is 17.8. The number of benzene rings is 2. The van der Waals surface area contributed by atoms with Crippen molar-refractivity contribution in [1.82, 2.24) is 10.9 Å². The fourth-order valence-electron chi connectivity index (χ4n) is 4.24. The molecular formula is C24H23N3O6. The molecule has 2 aromatic carbocycles. The standard InChI is InChI=1S/C24H23N3O6/c1-24-12-11-17(33-24)19(23(31)32)20(24)22(30)27-26-21(29)15-7-9-16(10-8-15)25-18(28)13-14-5-3-2-4-6-14/h2-12,17,19-20H,13H2,1H3,(H,25,28)(H,26,29)(H,27,30)(H,31,32)/t17-,19-,20-,24+/m1/s1. The molecule has 170 valence electrons. The summed E-state index contributed by atoms with van der Waals surface area (Å²) in [4.78, 5) is 48.9. The van der Waals surface area contributed by atoms with Gasteiger partial charge in [0.15, 0.2) is 0 Å². The maximum Gasteiger partial charge on any atom is 0.310 e. The lowest BCUT2D eigenvalue weighted by atomic mass is 9.76. The van der Waals surface area contributed by atoms with Crippen molar-refractivity contribution in [3.05, 3.63) is 77.9 Å². The summed E-state index contributed by atoms with van der Waals surface area (Å²) >= 11 is 0. The molecule has 2 heterocycles. The summed E-state index contributed by atoms with van der Waals surface area (Å²) < 4.78 is 5.64. The number of nitrogens with one attached hydrogen (secondary N) is 3. The van der Waals surface area contributed by atoms with Crippen LogP contribution in [0.4, 0.5) is 5.69 Å². The number of anilines is 1. The number of carboxylic acid groups (broad SMARTS) is 1. The van der Waals surface area contributed by atoms with Crippen molar-refractivity contribution in [2.24, 2.45) is 11.8 Å². The van der Waals surface area contributed by atoms with Gasteiger partial charge in [-0.3, -0.25) is 30.0 Å². The second-order valence-electron chi connectivity index (χ2n) is 8.20. The van der Waals surface area contributed by atoms with E-state index in [4.69, 9.17) is 4.74 Å². The molecule has 4 atom stereocenters. The van der Waals surface area contributed by atoms with Gasteiger partial charge in [-0.15, -0.1) is 0 Å². The Labute approximate surface area is 189 Å². The SMILES string of the molecule is C[C@@]12C=C[C@@H](O1)[C@@H](C(=O)O)[C@@H]2C(=O)NNC(=O)c1ccc(NC(=O)Cc2ccccc2)cc1. The van der Waals surface area contributed by atoms with Crippen LogP contribution >= 0.6 is 0 Å². The maximum atomic E-state index is 12.7. The monoisotopic (exact) mass is 449 g/mol. The van der Waals surface area contributed by atoms with E-state index in [-0.39, 0.29) is 17.9 Å². The van der Waals surface area contributed by atoms with Crippen molar-refractivity contribution in [2.75, 3.05) is 5.32 Å². The van der Waals surface area contributed by atoms with Crippen molar-refractivity contribution in [2.45, 2.75) is 25.0 Å². The van der Waals surface area contributed by atoms with Gasteiger partial charge in [0.2, 0.25) is 11.8 Å². The van der Waals surface area contributed by atoms with Crippen molar-refractivity contribution in [1.29, 1.82) is 0 Å². The van der Waals surface area contributed by atoms with Gasteiger partial charge in [-0.1, -0.05) is 42.5 Å². The van der Waals surface area contributed by atoms with Crippen molar-refractivity contribution >= 4 is 29.4 Å². The Morgan fingerprint density at radius 2 is 1.70 bits per heavy atom. The molecule has 0 unspecified atom stereocenters. The van der Waals surface area contributed by atoms with Gasteiger partial charge in [0.1, 0.15) is 5.92 Å². The Kier molecular flexibility index (Phi) is 5.97. The molecule has 9 heteroatoms. The predicted molar refractivity (Wildman–Crippen MR) is 118 cm³/mol. The molecule has 0 spiro atoms. The van der Waals surface area contributed by atoms with Crippen LogP contribution in [0.2, 0.25) is 0 Å². The molecule has 33 heavy (non-hydrogen) atoms. The number of fused-ring (bicyclic) bond motifs is 2. The largest absolute Gasteiger partial charge is 0.481 e. The Bertz CT molecular complexity index is 1110. The molecular weight excluding hydrogens is 426 g/mol. The molecule has 2 aliphatic rings. The van der Waals surface area contributed by atoms with E-state index in [1.807, 2.05) is 30.3 Å². The van der Waals surface area contributed by atoms with Crippen LogP contribution in [0.1, 0.15) is 22.8 Å². The molecule has 2 aliphatic heterocycles. The van der Waals surface area contributed by atoms with Crippen LogP contribution < -0.4 is 16.2 Å². The van der Waals surface area contributed by atoms with Gasteiger partial charge in [0.05, 0.1) is 24.0 Å². The van der Waals surface area contributed by atoms with E-state index >= 15 is 0 Å². The third kappa shape index (κ3) is 4.63. The summed E-state index contributed by atoms with van der Waals surface area (Å²) in [6, 6.07) is 15.5. The Morgan fingerprint density at radius 1 is 1.00 bits per heavy atom. The highest BCUT2D eigenvalue weighted by Gasteiger charge is 2.59. The van der Waals surface area contributed by atoms with E-state index in [1.54, 1.807) is 31.2 Å². The highest BCUT2D eigenvalue weighted by atomic mass is 16.5. The number of carbonyl (C=O) groups is 4. The smallest absolute Gasteiger partial charge is 0.310 e. The normalized spacial score (nSPS) is 24.8. The van der Waals surface area contributed by atoms with Gasteiger partial charge < -0.3 is 15.2 Å². The highest BCUT2D eigenvalue weighted by Crippen LogP contribution is 2.46. The number of hydrogen-bond acceptors (Lipinski definition) is 5. The van der Waals surface area contributed by atoms with Crippen molar-refractivity contribution in [3.8, 4) is 0 Å². The van der Waals surface area contributed by atoms with Gasteiger partial charge in [-0.25, -0.2) is 0 Å². The van der Waals surface area contributed by atoms with Crippen LogP contribution in [0.15, 0.2) is 66.7 Å².